The summed E-state index contributed by atoms with van der Waals surface area (Å²) >= 11 is 0. The summed E-state index contributed by atoms with van der Waals surface area (Å²) in [6, 6.07) is 7.92. The lowest BCUT2D eigenvalue weighted by atomic mass is 9.80. The SMILES string of the molecule is CCOC1CC(CC(=O)Nc2ccccc2CNC)C1. The molecule has 2 N–H and O–H groups in total. The quantitative estimate of drug-likeness (QED) is 0.804. The third kappa shape index (κ3) is 4.05. The number of carbonyl (C=O) groups is 1. The van der Waals surface area contributed by atoms with E-state index in [1.54, 1.807) is 0 Å². The van der Waals surface area contributed by atoms with Gasteiger partial charge in [-0.1, -0.05) is 18.2 Å². The molecule has 1 aliphatic carbocycles. The highest BCUT2D eigenvalue weighted by atomic mass is 16.5. The Morgan fingerprint density at radius 1 is 1.35 bits per heavy atom. The monoisotopic (exact) mass is 276 g/mol. The number of ether oxygens (including phenoxy) is 1. The topological polar surface area (TPSA) is 50.4 Å². The van der Waals surface area contributed by atoms with Crippen molar-refractivity contribution in [3.63, 3.8) is 0 Å². The average molecular weight is 276 g/mol. The van der Waals surface area contributed by atoms with Crippen molar-refractivity contribution < 1.29 is 9.53 Å². The van der Waals surface area contributed by atoms with E-state index in [0.29, 0.717) is 18.4 Å². The number of amides is 1. The Morgan fingerprint density at radius 3 is 2.80 bits per heavy atom. The van der Waals surface area contributed by atoms with Crippen LogP contribution in [-0.4, -0.2) is 25.7 Å². The summed E-state index contributed by atoms with van der Waals surface area (Å²) in [4.78, 5) is 12.1. The first-order valence-electron chi connectivity index (χ1n) is 7.36. The first-order valence-corrected chi connectivity index (χ1v) is 7.36. The van der Waals surface area contributed by atoms with Gasteiger partial charge in [0.1, 0.15) is 0 Å². The maximum absolute atomic E-state index is 12.1. The van der Waals surface area contributed by atoms with Gasteiger partial charge in [0.2, 0.25) is 5.91 Å². The third-order valence-corrected chi connectivity index (χ3v) is 3.73. The fraction of sp³-hybridized carbons (Fsp3) is 0.562. The van der Waals surface area contributed by atoms with Crippen molar-refractivity contribution in [1.29, 1.82) is 0 Å². The lowest BCUT2D eigenvalue weighted by Crippen LogP contribution is -2.34. The summed E-state index contributed by atoms with van der Waals surface area (Å²) in [6.07, 6.45) is 2.99. The molecule has 1 fully saturated rings. The van der Waals surface area contributed by atoms with Gasteiger partial charge in [-0.3, -0.25) is 4.79 Å². The molecule has 4 heteroatoms. The molecular weight excluding hydrogens is 252 g/mol. The molecule has 0 unspecified atom stereocenters. The van der Waals surface area contributed by atoms with Crippen LogP contribution in [0.4, 0.5) is 5.69 Å². The second kappa shape index (κ2) is 7.41. The number of para-hydroxylation sites is 1. The lowest BCUT2D eigenvalue weighted by Gasteiger charge is -2.34. The van der Waals surface area contributed by atoms with E-state index in [1.807, 2.05) is 38.2 Å². The minimum Gasteiger partial charge on any atom is -0.378 e. The number of carbonyl (C=O) groups excluding carboxylic acids is 1. The van der Waals surface area contributed by atoms with Gasteiger partial charge in [-0.25, -0.2) is 0 Å². The largest absolute Gasteiger partial charge is 0.378 e. The fourth-order valence-electron chi connectivity index (χ4n) is 2.66. The van der Waals surface area contributed by atoms with Gasteiger partial charge in [0.25, 0.3) is 0 Å². The molecule has 0 radical (unpaired) electrons. The van der Waals surface area contributed by atoms with Gasteiger partial charge in [-0.15, -0.1) is 0 Å². The van der Waals surface area contributed by atoms with Crippen molar-refractivity contribution in [3.8, 4) is 0 Å². The molecule has 0 spiro atoms. The van der Waals surface area contributed by atoms with E-state index in [1.165, 1.54) is 0 Å². The Bertz CT molecular complexity index is 442. The minimum atomic E-state index is 0.105. The van der Waals surface area contributed by atoms with E-state index in [2.05, 4.69) is 10.6 Å². The van der Waals surface area contributed by atoms with Gasteiger partial charge in [0, 0.05) is 25.3 Å². The summed E-state index contributed by atoms with van der Waals surface area (Å²) in [7, 11) is 1.90. The second-order valence-corrected chi connectivity index (χ2v) is 5.35. The van der Waals surface area contributed by atoms with Gasteiger partial charge >= 0.3 is 0 Å². The average Bonchev–Trinajstić information content (AvgIpc) is 2.39. The number of hydrogen-bond acceptors (Lipinski definition) is 3. The van der Waals surface area contributed by atoms with Crippen LogP contribution >= 0.6 is 0 Å². The molecule has 1 saturated carbocycles. The van der Waals surface area contributed by atoms with Crippen LogP contribution in [0.1, 0.15) is 31.7 Å². The van der Waals surface area contributed by atoms with Gasteiger partial charge in [0.15, 0.2) is 0 Å². The first kappa shape index (κ1) is 15.0. The molecular formula is C16H24N2O2. The van der Waals surface area contributed by atoms with Crippen LogP contribution in [0.25, 0.3) is 0 Å². The van der Waals surface area contributed by atoms with Crippen molar-refractivity contribution >= 4 is 11.6 Å². The highest BCUT2D eigenvalue weighted by molar-refractivity contribution is 5.91. The summed E-state index contributed by atoms with van der Waals surface area (Å²) < 4.78 is 5.52. The van der Waals surface area contributed by atoms with E-state index < -0.39 is 0 Å². The van der Waals surface area contributed by atoms with Crippen molar-refractivity contribution in [2.24, 2.45) is 5.92 Å². The van der Waals surface area contributed by atoms with E-state index in [0.717, 1.165) is 37.2 Å². The van der Waals surface area contributed by atoms with Crippen LogP contribution in [0.2, 0.25) is 0 Å². The van der Waals surface area contributed by atoms with Crippen LogP contribution in [0.3, 0.4) is 0 Å². The van der Waals surface area contributed by atoms with Crippen molar-refractivity contribution in [2.75, 3.05) is 19.0 Å². The number of rotatable bonds is 7. The summed E-state index contributed by atoms with van der Waals surface area (Å²) in [5, 5.41) is 6.13. The summed E-state index contributed by atoms with van der Waals surface area (Å²) in [5.41, 5.74) is 2.02. The molecule has 0 aromatic heterocycles. The standard InChI is InChI=1S/C16H24N2O2/c1-3-20-14-8-12(9-14)10-16(19)18-15-7-5-4-6-13(15)11-17-2/h4-7,12,14,17H,3,8-11H2,1-2H3,(H,18,19). The molecule has 20 heavy (non-hydrogen) atoms. The Morgan fingerprint density at radius 2 is 2.10 bits per heavy atom. The maximum Gasteiger partial charge on any atom is 0.224 e. The molecule has 0 saturated heterocycles. The van der Waals surface area contributed by atoms with Crippen molar-refractivity contribution in [1.82, 2.24) is 5.32 Å². The Balaban J connectivity index is 1.80. The molecule has 1 amide bonds. The Hall–Kier alpha value is -1.39. The van der Waals surface area contributed by atoms with E-state index in [4.69, 9.17) is 4.74 Å². The van der Waals surface area contributed by atoms with Crippen molar-refractivity contribution in [2.45, 2.75) is 38.8 Å². The molecule has 110 valence electrons. The number of anilines is 1. The number of hydrogen-bond donors (Lipinski definition) is 2. The fourth-order valence-corrected chi connectivity index (χ4v) is 2.66. The number of nitrogens with one attached hydrogen (secondary N) is 2. The number of benzene rings is 1. The predicted octanol–water partition coefficient (Wildman–Crippen LogP) is 2.55. The van der Waals surface area contributed by atoms with Crippen LogP contribution in [0.15, 0.2) is 24.3 Å². The molecule has 4 nitrogen and oxygen atoms in total. The molecule has 0 bridgehead atoms. The zero-order chi connectivity index (χ0) is 14.4. The van der Waals surface area contributed by atoms with Gasteiger partial charge < -0.3 is 15.4 Å². The molecule has 2 rings (SSSR count). The predicted molar refractivity (Wildman–Crippen MR) is 80.6 cm³/mol. The van der Waals surface area contributed by atoms with Crippen LogP contribution in [-0.2, 0) is 16.1 Å². The molecule has 0 aliphatic heterocycles. The van der Waals surface area contributed by atoms with E-state index >= 15 is 0 Å². The Labute approximate surface area is 120 Å². The highest BCUT2D eigenvalue weighted by Gasteiger charge is 2.31. The van der Waals surface area contributed by atoms with Gasteiger partial charge in [0.05, 0.1) is 6.10 Å². The van der Waals surface area contributed by atoms with E-state index in [9.17, 15) is 4.79 Å². The van der Waals surface area contributed by atoms with E-state index in [-0.39, 0.29) is 5.91 Å². The molecule has 0 heterocycles. The highest BCUT2D eigenvalue weighted by Crippen LogP contribution is 2.33. The molecule has 1 aromatic rings. The normalized spacial score (nSPS) is 21.3. The third-order valence-electron chi connectivity index (χ3n) is 3.73. The zero-order valence-electron chi connectivity index (χ0n) is 12.3. The molecule has 0 atom stereocenters. The second-order valence-electron chi connectivity index (χ2n) is 5.35. The van der Waals surface area contributed by atoms with Crippen LogP contribution < -0.4 is 10.6 Å². The summed E-state index contributed by atoms with van der Waals surface area (Å²) in [5.74, 6) is 0.580. The van der Waals surface area contributed by atoms with Crippen LogP contribution in [0, 0.1) is 5.92 Å². The maximum atomic E-state index is 12.1. The minimum absolute atomic E-state index is 0.105. The molecule has 1 aliphatic rings. The summed E-state index contributed by atoms with van der Waals surface area (Å²) in [6.45, 7) is 3.53. The first-order chi connectivity index (χ1) is 9.72. The Kier molecular flexibility index (Phi) is 5.56. The molecule has 1 aromatic carbocycles. The smallest absolute Gasteiger partial charge is 0.224 e. The van der Waals surface area contributed by atoms with Crippen molar-refractivity contribution in [3.05, 3.63) is 29.8 Å². The van der Waals surface area contributed by atoms with Crippen LogP contribution in [0.5, 0.6) is 0 Å². The lowest BCUT2D eigenvalue weighted by molar-refractivity contribution is -0.119. The van der Waals surface area contributed by atoms with Gasteiger partial charge in [-0.2, -0.15) is 0 Å². The van der Waals surface area contributed by atoms with Gasteiger partial charge in [-0.05, 0) is 44.4 Å². The zero-order valence-corrected chi connectivity index (χ0v) is 12.3.